The van der Waals surface area contributed by atoms with Crippen LogP contribution in [0.4, 0.5) is 6.01 Å². The summed E-state index contributed by atoms with van der Waals surface area (Å²) in [4.78, 5) is 6.84. The molecule has 0 aliphatic carbocycles. The van der Waals surface area contributed by atoms with Crippen LogP contribution in [0.5, 0.6) is 11.5 Å². The van der Waals surface area contributed by atoms with Crippen LogP contribution in [0.25, 0.3) is 11.1 Å². The fourth-order valence-corrected chi connectivity index (χ4v) is 5.37. The topological polar surface area (TPSA) is 129 Å². The Morgan fingerprint density at radius 2 is 1.84 bits per heavy atom. The van der Waals surface area contributed by atoms with Gasteiger partial charge in [0.15, 0.2) is 5.58 Å². The standard InChI is InChI=1S/C26H34N4O6S/c1-2-34-21-13-18(14-22(15-21)35-20-7-11-33-12-8-20)17-30-9-5-19(6-10-30)28-26-29-24-16-23(37(27,31)32)3-4-25(24)36-26/h3-4,13-16,19-20H,2,5-12,17H2,1H3,(H,28,29)(H2,27,31,32). The Morgan fingerprint density at radius 1 is 1.08 bits per heavy atom. The molecule has 2 fully saturated rings. The fourth-order valence-electron chi connectivity index (χ4n) is 4.84. The van der Waals surface area contributed by atoms with Crippen molar-refractivity contribution in [2.45, 2.75) is 56.2 Å². The molecule has 0 atom stereocenters. The molecule has 2 aliphatic heterocycles. The van der Waals surface area contributed by atoms with Gasteiger partial charge >= 0.3 is 0 Å². The van der Waals surface area contributed by atoms with E-state index in [2.05, 4.69) is 27.3 Å². The number of aromatic nitrogens is 1. The van der Waals surface area contributed by atoms with Crippen LogP contribution in [0.15, 0.2) is 45.7 Å². The highest BCUT2D eigenvalue weighted by Crippen LogP contribution is 2.28. The lowest BCUT2D eigenvalue weighted by Gasteiger charge is -2.32. The molecular formula is C26H34N4O6S. The van der Waals surface area contributed by atoms with E-state index in [9.17, 15) is 8.42 Å². The van der Waals surface area contributed by atoms with E-state index in [0.717, 1.165) is 70.0 Å². The number of nitrogens with zero attached hydrogens (tertiary/aromatic N) is 2. The van der Waals surface area contributed by atoms with Gasteiger partial charge in [-0.1, -0.05) is 0 Å². The minimum Gasteiger partial charge on any atom is -0.494 e. The molecule has 11 heteroatoms. The highest BCUT2D eigenvalue weighted by molar-refractivity contribution is 7.89. The summed E-state index contributed by atoms with van der Waals surface area (Å²) in [6.45, 7) is 6.73. The minimum absolute atomic E-state index is 0.0166. The van der Waals surface area contributed by atoms with Crippen LogP contribution >= 0.6 is 0 Å². The molecule has 0 amide bonds. The van der Waals surface area contributed by atoms with Crippen LogP contribution < -0.4 is 19.9 Å². The molecule has 3 heterocycles. The van der Waals surface area contributed by atoms with Gasteiger partial charge in [0.25, 0.3) is 6.01 Å². The van der Waals surface area contributed by atoms with Crippen LogP contribution in [0.2, 0.25) is 0 Å². The molecule has 2 saturated heterocycles. The van der Waals surface area contributed by atoms with Crippen LogP contribution in [0, 0.1) is 0 Å². The average Bonchev–Trinajstić information content (AvgIpc) is 3.27. The number of ether oxygens (including phenoxy) is 3. The second-order valence-corrected chi connectivity index (χ2v) is 11.1. The fraction of sp³-hybridized carbons (Fsp3) is 0.500. The molecule has 3 aromatic rings. The van der Waals surface area contributed by atoms with Crippen molar-refractivity contribution in [2.24, 2.45) is 5.14 Å². The van der Waals surface area contributed by atoms with E-state index in [1.807, 2.05) is 13.0 Å². The zero-order valence-corrected chi connectivity index (χ0v) is 21.8. The maximum atomic E-state index is 11.6. The summed E-state index contributed by atoms with van der Waals surface area (Å²) >= 11 is 0. The van der Waals surface area contributed by atoms with Gasteiger partial charge in [0.2, 0.25) is 10.0 Å². The molecule has 5 rings (SSSR count). The third-order valence-corrected chi connectivity index (χ3v) is 7.64. The average molecular weight is 531 g/mol. The summed E-state index contributed by atoms with van der Waals surface area (Å²) in [5, 5.41) is 8.58. The number of fused-ring (bicyclic) bond motifs is 1. The Kier molecular flexibility index (Phi) is 7.84. The number of hydrogen-bond acceptors (Lipinski definition) is 9. The monoisotopic (exact) mass is 530 g/mol. The van der Waals surface area contributed by atoms with Crippen molar-refractivity contribution in [3.8, 4) is 11.5 Å². The molecule has 0 bridgehead atoms. The van der Waals surface area contributed by atoms with Gasteiger partial charge in [-0.05, 0) is 55.7 Å². The highest BCUT2D eigenvalue weighted by Gasteiger charge is 2.22. The van der Waals surface area contributed by atoms with Crippen LogP contribution in [0.1, 0.15) is 38.2 Å². The van der Waals surface area contributed by atoms with Crippen molar-refractivity contribution < 1.29 is 27.0 Å². The Bertz CT molecular complexity index is 1310. The lowest BCUT2D eigenvalue weighted by molar-refractivity contribution is 0.0254. The first-order valence-corrected chi connectivity index (χ1v) is 14.3. The highest BCUT2D eigenvalue weighted by atomic mass is 32.2. The third kappa shape index (κ3) is 6.72. The number of primary sulfonamides is 1. The number of piperidine rings is 1. The van der Waals surface area contributed by atoms with E-state index in [1.54, 1.807) is 6.07 Å². The minimum atomic E-state index is -3.79. The molecule has 1 aromatic heterocycles. The van der Waals surface area contributed by atoms with Crippen LogP contribution in [0.3, 0.4) is 0 Å². The summed E-state index contributed by atoms with van der Waals surface area (Å²) in [5.41, 5.74) is 2.14. The van der Waals surface area contributed by atoms with E-state index in [4.69, 9.17) is 23.8 Å². The number of likely N-dealkylation sites (tertiary alicyclic amines) is 1. The van der Waals surface area contributed by atoms with Gasteiger partial charge in [-0.3, -0.25) is 4.90 Å². The molecule has 0 spiro atoms. The van der Waals surface area contributed by atoms with Crippen molar-refractivity contribution in [3.05, 3.63) is 42.0 Å². The molecule has 200 valence electrons. The number of oxazole rings is 1. The number of nitrogens with one attached hydrogen (secondary N) is 1. The van der Waals surface area contributed by atoms with Gasteiger partial charge in [-0.15, -0.1) is 0 Å². The quantitative estimate of drug-likeness (QED) is 0.427. The Morgan fingerprint density at radius 3 is 2.57 bits per heavy atom. The summed E-state index contributed by atoms with van der Waals surface area (Å²) in [6.07, 6.45) is 3.85. The first-order chi connectivity index (χ1) is 17.9. The maximum Gasteiger partial charge on any atom is 0.295 e. The van der Waals surface area contributed by atoms with Crippen molar-refractivity contribution >= 4 is 27.1 Å². The first kappa shape index (κ1) is 25.8. The largest absolute Gasteiger partial charge is 0.494 e. The number of hydrogen-bond donors (Lipinski definition) is 2. The third-order valence-electron chi connectivity index (χ3n) is 6.73. The second-order valence-electron chi connectivity index (χ2n) is 9.56. The zero-order chi connectivity index (χ0) is 25.8. The molecular weight excluding hydrogens is 496 g/mol. The lowest BCUT2D eigenvalue weighted by Crippen LogP contribution is -2.38. The number of benzene rings is 2. The van der Waals surface area contributed by atoms with E-state index < -0.39 is 10.0 Å². The summed E-state index contributed by atoms with van der Waals surface area (Å²) in [6, 6.07) is 11.2. The predicted molar refractivity (Wildman–Crippen MR) is 139 cm³/mol. The van der Waals surface area contributed by atoms with Crippen molar-refractivity contribution in [2.75, 3.05) is 38.2 Å². The van der Waals surface area contributed by atoms with Crippen LogP contribution in [-0.4, -0.2) is 63.4 Å². The van der Waals surface area contributed by atoms with Gasteiger partial charge in [0.05, 0.1) is 24.7 Å². The lowest BCUT2D eigenvalue weighted by atomic mass is 10.0. The van der Waals surface area contributed by atoms with Crippen molar-refractivity contribution in [1.82, 2.24) is 9.88 Å². The number of sulfonamides is 1. The van der Waals surface area contributed by atoms with E-state index >= 15 is 0 Å². The van der Waals surface area contributed by atoms with Gasteiger partial charge in [0, 0.05) is 44.6 Å². The van der Waals surface area contributed by atoms with E-state index in [0.29, 0.717) is 23.7 Å². The molecule has 0 unspecified atom stereocenters. The smallest absolute Gasteiger partial charge is 0.295 e. The molecule has 37 heavy (non-hydrogen) atoms. The number of nitrogens with two attached hydrogens (primary N) is 1. The molecule has 2 aliphatic rings. The number of rotatable bonds is 9. The van der Waals surface area contributed by atoms with E-state index in [-0.39, 0.29) is 17.0 Å². The van der Waals surface area contributed by atoms with Gasteiger partial charge in [0.1, 0.15) is 23.1 Å². The van der Waals surface area contributed by atoms with Gasteiger partial charge in [-0.25, -0.2) is 13.6 Å². The summed E-state index contributed by atoms with van der Waals surface area (Å²) in [5.74, 6) is 1.69. The second kappa shape index (κ2) is 11.3. The summed E-state index contributed by atoms with van der Waals surface area (Å²) in [7, 11) is -3.79. The van der Waals surface area contributed by atoms with Crippen molar-refractivity contribution in [3.63, 3.8) is 0 Å². The summed E-state index contributed by atoms with van der Waals surface area (Å²) < 4.78 is 46.5. The molecule has 3 N–H and O–H groups in total. The normalized spacial score (nSPS) is 18.2. The van der Waals surface area contributed by atoms with Crippen LogP contribution in [-0.2, 0) is 21.3 Å². The molecule has 10 nitrogen and oxygen atoms in total. The Hall–Kier alpha value is -2.86. The van der Waals surface area contributed by atoms with Gasteiger partial charge in [-0.2, -0.15) is 4.98 Å². The zero-order valence-electron chi connectivity index (χ0n) is 21.0. The van der Waals surface area contributed by atoms with Crippen molar-refractivity contribution in [1.29, 1.82) is 0 Å². The Labute approximate surface area is 217 Å². The molecule has 2 aromatic carbocycles. The SMILES string of the molecule is CCOc1cc(CN2CCC(Nc3nc4cc(S(N)(=O)=O)ccc4o3)CC2)cc(OC2CCOCC2)c1. The van der Waals surface area contributed by atoms with Gasteiger partial charge < -0.3 is 23.9 Å². The van der Waals surface area contributed by atoms with E-state index in [1.165, 1.54) is 17.7 Å². The molecule has 0 radical (unpaired) electrons. The predicted octanol–water partition coefficient (Wildman–Crippen LogP) is 3.51. The first-order valence-electron chi connectivity index (χ1n) is 12.8. The molecule has 0 saturated carbocycles. The number of anilines is 1. The Balaban J connectivity index is 1.18. The maximum absolute atomic E-state index is 11.6.